The Bertz CT molecular complexity index is 820. The Morgan fingerprint density at radius 2 is 1.84 bits per heavy atom. The summed E-state index contributed by atoms with van der Waals surface area (Å²) in [4.78, 5) is 20.6. The molecule has 0 bridgehead atoms. The number of hydrogen-bond acceptors (Lipinski definition) is 4. The Morgan fingerprint density at radius 1 is 1.00 bits per heavy atom. The second-order valence-corrected chi connectivity index (χ2v) is 6.37. The fraction of sp³-hybridized carbons (Fsp3) is 0.105. The van der Waals surface area contributed by atoms with E-state index in [9.17, 15) is 4.79 Å². The minimum Gasteiger partial charge on any atom is -0.364 e. The smallest absolute Gasteiger partial charge is 0.228 e. The van der Waals surface area contributed by atoms with Gasteiger partial charge in [-0.3, -0.25) is 9.78 Å². The molecule has 1 amide bonds. The number of nitrogens with zero attached hydrogens (tertiary/aromatic N) is 2. The standard InChI is InChI=1S/C19H17BrN4O/c20-15-6-4-14(5-7-15)11-19(25)24-17-8-9-18(23-13-17)22-12-16-3-1-2-10-21-16/h1-10,13H,11-12H2,(H,22,23)(H,24,25). The highest BCUT2D eigenvalue weighted by atomic mass is 79.9. The van der Waals surface area contributed by atoms with E-state index < -0.39 is 0 Å². The molecule has 0 aliphatic heterocycles. The molecule has 2 heterocycles. The van der Waals surface area contributed by atoms with Crippen LogP contribution in [0.2, 0.25) is 0 Å². The van der Waals surface area contributed by atoms with Gasteiger partial charge in [-0.2, -0.15) is 0 Å². The molecule has 0 saturated heterocycles. The average Bonchev–Trinajstić information content (AvgIpc) is 2.64. The van der Waals surface area contributed by atoms with Crippen molar-refractivity contribution in [1.29, 1.82) is 0 Å². The summed E-state index contributed by atoms with van der Waals surface area (Å²) < 4.78 is 0.995. The molecule has 0 aliphatic carbocycles. The van der Waals surface area contributed by atoms with E-state index in [0.29, 0.717) is 18.7 Å². The van der Waals surface area contributed by atoms with Gasteiger partial charge in [-0.1, -0.05) is 34.1 Å². The van der Waals surface area contributed by atoms with Crippen molar-refractivity contribution in [3.63, 3.8) is 0 Å². The summed E-state index contributed by atoms with van der Waals surface area (Å²) in [6.07, 6.45) is 3.72. The largest absolute Gasteiger partial charge is 0.364 e. The Morgan fingerprint density at radius 3 is 2.52 bits per heavy atom. The van der Waals surface area contributed by atoms with Crippen LogP contribution in [0.1, 0.15) is 11.3 Å². The number of aromatic nitrogens is 2. The molecule has 2 N–H and O–H groups in total. The Balaban J connectivity index is 1.51. The first-order chi connectivity index (χ1) is 12.2. The van der Waals surface area contributed by atoms with Gasteiger partial charge in [0.15, 0.2) is 0 Å². The van der Waals surface area contributed by atoms with E-state index in [-0.39, 0.29) is 5.91 Å². The van der Waals surface area contributed by atoms with Crippen molar-refractivity contribution in [2.45, 2.75) is 13.0 Å². The number of carbonyl (C=O) groups is 1. The predicted molar refractivity (Wildman–Crippen MR) is 102 cm³/mol. The summed E-state index contributed by atoms with van der Waals surface area (Å²) in [5.41, 5.74) is 2.57. The zero-order valence-electron chi connectivity index (χ0n) is 13.4. The second-order valence-electron chi connectivity index (χ2n) is 5.46. The summed E-state index contributed by atoms with van der Waals surface area (Å²) in [5, 5.41) is 6.05. The van der Waals surface area contributed by atoms with Crippen LogP contribution in [0.4, 0.5) is 11.5 Å². The molecule has 25 heavy (non-hydrogen) atoms. The molecule has 126 valence electrons. The Hall–Kier alpha value is -2.73. The lowest BCUT2D eigenvalue weighted by Crippen LogP contribution is -2.14. The molecular weight excluding hydrogens is 380 g/mol. The van der Waals surface area contributed by atoms with E-state index in [1.807, 2.05) is 54.6 Å². The van der Waals surface area contributed by atoms with Gasteiger partial charge in [-0.15, -0.1) is 0 Å². The Kier molecular flexibility index (Phi) is 5.74. The van der Waals surface area contributed by atoms with Gasteiger partial charge in [0.25, 0.3) is 0 Å². The van der Waals surface area contributed by atoms with E-state index in [4.69, 9.17) is 0 Å². The van der Waals surface area contributed by atoms with Crippen LogP contribution >= 0.6 is 15.9 Å². The number of rotatable bonds is 6. The van der Waals surface area contributed by atoms with Crippen molar-refractivity contribution in [2.24, 2.45) is 0 Å². The number of halogens is 1. The van der Waals surface area contributed by atoms with E-state index in [0.717, 1.165) is 21.5 Å². The summed E-state index contributed by atoms with van der Waals surface area (Å²) in [5.74, 6) is 0.662. The van der Waals surface area contributed by atoms with Gasteiger partial charge in [-0.25, -0.2) is 4.98 Å². The van der Waals surface area contributed by atoms with Crippen LogP contribution in [0.15, 0.2) is 71.5 Å². The Labute approximate surface area is 154 Å². The number of nitrogens with one attached hydrogen (secondary N) is 2. The number of hydrogen-bond donors (Lipinski definition) is 2. The third kappa shape index (κ3) is 5.39. The lowest BCUT2D eigenvalue weighted by molar-refractivity contribution is -0.115. The highest BCUT2D eigenvalue weighted by molar-refractivity contribution is 9.10. The first kappa shape index (κ1) is 17.1. The third-order valence-electron chi connectivity index (χ3n) is 3.50. The van der Waals surface area contributed by atoms with Gasteiger partial charge in [-0.05, 0) is 42.0 Å². The lowest BCUT2D eigenvalue weighted by atomic mass is 10.1. The molecule has 0 saturated carbocycles. The monoisotopic (exact) mass is 396 g/mol. The van der Waals surface area contributed by atoms with Gasteiger partial charge in [0.2, 0.25) is 5.91 Å². The first-order valence-corrected chi connectivity index (χ1v) is 8.62. The molecule has 0 atom stereocenters. The summed E-state index contributed by atoms with van der Waals surface area (Å²) in [6, 6.07) is 17.1. The van der Waals surface area contributed by atoms with Crippen molar-refractivity contribution in [2.75, 3.05) is 10.6 Å². The van der Waals surface area contributed by atoms with Gasteiger partial charge in [0, 0.05) is 10.7 Å². The van der Waals surface area contributed by atoms with E-state index >= 15 is 0 Å². The number of benzene rings is 1. The predicted octanol–water partition coefficient (Wildman–Crippen LogP) is 4.03. The molecule has 0 unspecified atom stereocenters. The minimum absolute atomic E-state index is 0.0710. The second kappa shape index (κ2) is 8.39. The van der Waals surface area contributed by atoms with Gasteiger partial charge < -0.3 is 10.6 Å². The first-order valence-electron chi connectivity index (χ1n) is 7.83. The zero-order valence-corrected chi connectivity index (χ0v) is 15.0. The molecule has 6 heteroatoms. The molecule has 5 nitrogen and oxygen atoms in total. The van der Waals surface area contributed by atoms with Crippen LogP contribution in [0, 0.1) is 0 Å². The van der Waals surface area contributed by atoms with E-state index in [1.54, 1.807) is 12.4 Å². The summed E-state index contributed by atoms with van der Waals surface area (Å²) in [6.45, 7) is 0.600. The SMILES string of the molecule is O=C(Cc1ccc(Br)cc1)Nc1ccc(NCc2ccccn2)nc1. The number of amides is 1. The van der Waals surface area contributed by atoms with Gasteiger partial charge >= 0.3 is 0 Å². The quantitative estimate of drug-likeness (QED) is 0.659. The maximum Gasteiger partial charge on any atom is 0.228 e. The molecule has 0 aliphatic rings. The normalized spacial score (nSPS) is 10.3. The van der Waals surface area contributed by atoms with Gasteiger partial charge in [0.1, 0.15) is 5.82 Å². The molecule has 2 aromatic heterocycles. The highest BCUT2D eigenvalue weighted by Crippen LogP contribution is 2.13. The minimum atomic E-state index is -0.0710. The lowest BCUT2D eigenvalue weighted by Gasteiger charge is -2.08. The number of carbonyl (C=O) groups excluding carboxylic acids is 1. The van der Waals surface area contributed by atoms with Crippen LogP contribution in [0.5, 0.6) is 0 Å². The van der Waals surface area contributed by atoms with Crippen molar-refractivity contribution in [3.05, 3.63) is 82.7 Å². The number of anilines is 2. The van der Waals surface area contributed by atoms with Gasteiger partial charge in [0.05, 0.1) is 30.5 Å². The summed E-state index contributed by atoms with van der Waals surface area (Å²) in [7, 11) is 0. The van der Waals surface area contributed by atoms with Crippen molar-refractivity contribution < 1.29 is 4.79 Å². The fourth-order valence-electron chi connectivity index (χ4n) is 2.25. The zero-order chi connectivity index (χ0) is 17.5. The highest BCUT2D eigenvalue weighted by Gasteiger charge is 2.05. The van der Waals surface area contributed by atoms with E-state index in [1.165, 1.54) is 0 Å². The van der Waals surface area contributed by atoms with Crippen molar-refractivity contribution >= 4 is 33.3 Å². The maximum absolute atomic E-state index is 12.1. The molecule has 3 rings (SSSR count). The number of pyridine rings is 2. The van der Waals surface area contributed by atoms with Crippen LogP contribution < -0.4 is 10.6 Å². The summed E-state index contributed by atoms with van der Waals surface area (Å²) >= 11 is 3.38. The molecule has 3 aromatic rings. The fourth-order valence-corrected chi connectivity index (χ4v) is 2.51. The molecule has 0 radical (unpaired) electrons. The van der Waals surface area contributed by atoms with Crippen molar-refractivity contribution in [1.82, 2.24) is 9.97 Å². The third-order valence-corrected chi connectivity index (χ3v) is 4.03. The molecule has 1 aromatic carbocycles. The van der Waals surface area contributed by atoms with Crippen LogP contribution in [0.25, 0.3) is 0 Å². The topological polar surface area (TPSA) is 66.9 Å². The molecule has 0 spiro atoms. The van der Waals surface area contributed by atoms with Crippen LogP contribution in [0.3, 0.4) is 0 Å². The van der Waals surface area contributed by atoms with Crippen molar-refractivity contribution in [3.8, 4) is 0 Å². The van der Waals surface area contributed by atoms with E-state index in [2.05, 4.69) is 36.5 Å². The molecule has 0 fully saturated rings. The molecular formula is C19H17BrN4O. The van der Waals surface area contributed by atoms with Crippen LogP contribution in [-0.2, 0) is 17.8 Å². The average molecular weight is 397 g/mol. The van der Waals surface area contributed by atoms with Crippen LogP contribution in [-0.4, -0.2) is 15.9 Å². The maximum atomic E-state index is 12.1.